The van der Waals surface area contributed by atoms with Crippen molar-refractivity contribution in [2.24, 2.45) is 5.92 Å². The Labute approximate surface area is 144 Å². The Morgan fingerprint density at radius 2 is 1.87 bits per heavy atom. The topological polar surface area (TPSA) is 49.4 Å². The average molecular weight is 349 g/mol. The highest BCUT2D eigenvalue weighted by Crippen LogP contribution is 2.28. The molecule has 6 heteroatoms. The second-order valence-electron chi connectivity index (χ2n) is 5.35. The summed E-state index contributed by atoms with van der Waals surface area (Å²) in [6, 6.07) is 14.2. The number of carbonyl (C=O) groups is 2. The van der Waals surface area contributed by atoms with Crippen molar-refractivity contribution in [3.8, 4) is 0 Å². The first-order valence-corrected chi connectivity index (χ1v) is 7.91. The van der Waals surface area contributed by atoms with E-state index in [9.17, 15) is 9.59 Å². The lowest BCUT2D eigenvalue weighted by Crippen LogP contribution is -2.28. The monoisotopic (exact) mass is 348 g/mol. The Kier molecular flexibility index (Phi) is 4.55. The van der Waals surface area contributed by atoms with Gasteiger partial charge in [-0.25, -0.2) is 0 Å². The summed E-state index contributed by atoms with van der Waals surface area (Å²) in [7, 11) is 0. The van der Waals surface area contributed by atoms with Crippen molar-refractivity contribution in [1.29, 1.82) is 0 Å². The van der Waals surface area contributed by atoms with Gasteiger partial charge in [-0.05, 0) is 30.3 Å². The van der Waals surface area contributed by atoms with E-state index in [0.717, 1.165) is 5.69 Å². The van der Waals surface area contributed by atoms with Gasteiger partial charge in [-0.1, -0.05) is 41.4 Å². The van der Waals surface area contributed by atoms with E-state index in [1.54, 1.807) is 23.1 Å². The molecule has 118 valence electrons. The van der Waals surface area contributed by atoms with Crippen LogP contribution in [0.2, 0.25) is 10.0 Å². The van der Waals surface area contributed by atoms with Gasteiger partial charge in [-0.2, -0.15) is 0 Å². The number of hydrogen-bond donors (Lipinski definition) is 1. The number of benzene rings is 2. The third-order valence-corrected chi connectivity index (χ3v) is 4.30. The highest BCUT2D eigenvalue weighted by Gasteiger charge is 2.35. The lowest BCUT2D eigenvalue weighted by molar-refractivity contribution is -0.122. The number of rotatable bonds is 3. The molecule has 3 rings (SSSR count). The van der Waals surface area contributed by atoms with E-state index < -0.39 is 5.92 Å². The van der Waals surface area contributed by atoms with Crippen LogP contribution in [-0.2, 0) is 9.59 Å². The van der Waals surface area contributed by atoms with Gasteiger partial charge in [-0.15, -0.1) is 0 Å². The molecule has 2 amide bonds. The molecule has 0 unspecified atom stereocenters. The summed E-state index contributed by atoms with van der Waals surface area (Å²) in [6.45, 7) is 0.361. The van der Waals surface area contributed by atoms with Crippen LogP contribution in [0.25, 0.3) is 0 Å². The van der Waals surface area contributed by atoms with Gasteiger partial charge in [0, 0.05) is 23.7 Å². The lowest BCUT2D eigenvalue weighted by atomic mass is 10.1. The fourth-order valence-electron chi connectivity index (χ4n) is 2.57. The van der Waals surface area contributed by atoms with Crippen LogP contribution in [0.5, 0.6) is 0 Å². The molecule has 2 aromatic carbocycles. The van der Waals surface area contributed by atoms with Gasteiger partial charge in [0.15, 0.2) is 0 Å². The molecule has 0 saturated carbocycles. The predicted octanol–water partition coefficient (Wildman–Crippen LogP) is 3.99. The van der Waals surface area contributed by atoms with Crippen molar-refractivity contribution >= 4 is 46.4 Å². The third kappa shape index (κ3) is 3.49. The van der Waals surface area contributed by atoms with Crippen LogP contribution < -0.4 is 10.2 Å². The molecule has 0 spiro atoms. The van der Waals surface area contributed by atoms with Gasteiger partial charge in [0.25, 0.3) is 0 Å². The van der Waals surface area contributed by atoms with E-state index in [1.807, 2.05) is 30.3 Å². The van der Waals surface area contributed by atoms with Crippen LogP contribution in [0.1, 0.15) is 6.42 Å². The molecule has 1 fully saturated rings. The number of carbonyl (C=O) groups excluding carboxylic acids is 2. The molecule has 2 aromatic rings. The molecule has 1 saturated heterocycles. The minimum Gasteiger partial charge on any atom is -0.324 e. The Morgan fingerprint density at radius 1 is 1.13 bits per heavy atom. The number of nitrogens with one attached hydrogen (secondary N) is 1. The maximum atomic E-state index is 12.4. The van der Waals surface area contributed by atoms with Crippen molar-refractivity contribution in [3.63, 3.8) is 0 Å². The van der Waals surface area contributed by atoms with Crippen molar-refractivity contribution < 1.29 is 9.59 Å². The molecule has 0 radical (unpaired) electrons. The van der Waals surface area contributed by atoms with E-state index in [1.165, 1.54) is 0 Å². The summed E-state index contributed by atoms with van der Waals surface area (Å²) >= 11 is 11.9. The minimum atomic E-state index is -0.408. The highest BCUT2D eigenvalue weighted by molar-refractivity contribution is 6.36. The van der Waals surface area contributed by atoms with Crippen molar-refractivity contribution in [2.75, 3.05) is 16.8 Å². The summed E-state index contributed by atoms with van der Waals surface area (Å²) in [5, 5.41) is 3.63. The fourth-order valence-corrected chi connectivity index (χ4v) is 3.02. The summed E-state index contributed by atoms with van der Waals surface area (Å²) in [4.78, 5) is 26.2. The van der Waals surface area contributed by atoms with Crippen molar-refractivity contribution in [2.45, 2.75) is 6.42 Å². The molecule has 23 heavy (non-hydrogen) atoms. The largest absolute Gasteiger partial charge is 0.324 e. The molecule has 0 bridgehead atoms. The summed E-state index contributed by atoms with van der Waals surface area (Å²) < 4.78 is 0. The van der Waals surface area contributed by atoms with Gasteiger partial charge < -0.3 is 10.2 Å². The Hall–Kier alpha value is -2.04. The number of para-hydroxylation sites is 1. The number of nitrogens with zero attached hydrogens (tertiary/aromatic N) is 1. The zero-order valence-electron chi connectivity index (χ0n) is 12.1. The predicted molar refractivity (Wildman–Crippen MR) is 92.0 cm³/mol. The molecule has 1 atom stereocenters. The Bertz CT molecular complexity index is 750. The first kappa shape index (κ1) is 15.8. The standard InChI is InChI=1S/C17H14Cl2N2O2/c18-12-6-7-15(14(19)9-12)20-17(23)11-8-16(22)21(10-11)13-4-2-1-3-5-13/h1-7,9,11H,8,10H2,(H,20,23)/t11-/m1/s1. The van der Waals surface area contributed by atoms with Crippen LogP contribution >= 0.6 is 23.2 Å². The van der Waals surface area contributed by atoms with E-state index in [2.05, 4.69) is 5.32 Å². The van der Waals surface area contributed by atoms with Crippen LogP contribution in [0.15, 0.2) is 48.5 Å². The minimum absolute atomic E-state index is 0.0569. The smallest absolute Gasteiger partial charge is 0.229 e. The normalized spacial score (nSPS) is 17.4. The zero-order valence-corrected chi connectivity index (χ0v) is 13.6. The second-order valence-corrected chi connectivity index (χ2v) is 6.20. The average Bonchev–Trinajstić information content (AvgIpc) is 2.93. The maximum Gasteiger partial charge on any atom is 0.229 e. The van der Waals surface area contributed by atoms with Gasteiger partial charge in [0.1, 0.15) is 0 Å². The number of halogens is 2. The molecule has 0 aliphatic carbocycles. The first-order chi connectivity index (χ1) is 11.0. The molecule has 4 nitrogen and oxygen atoms in total. The van der Waals surface area contributed by atoms with Gasteiger partial charge in [-0.3, -0.25) is 9.59 Å². The van der Waals surface area contributed by atoms with Gasteiger partial charge in [0.2, 0.25) is 11.8 Å². The van der Waals surface area contributed by atoms with E-state index in [-0.39, 0.29) is 18.2 Å². The summed E-state index contributed by atoms with van der Waals surface area (Å²) in [5.74, 6) is -0.686. The summed E-state index contributed by atoms with van der Waals surface area (Å²) in [5.41, 5.74) is 1.30. The molecule has 1 aliphatic rings. The van der Waals surface area contributed by atoms with Crippen LogP contribution in [-0.4, -0.2) is 18.4 Å². The van der Waals surface area contributed by atoms with Gasteiger partial charge >= 0.3 is 0 Å². The molecule has 1 N–H and O–H groups in total. The summed E-state index contributed by atoms with van der Waals surface area (Å²) in [6.07, 6.45) is 0.186. The number of hydrogen-bond acceptors (Lipinski definition) is 2. The second kappa shape index (κ2) is 6.60. The Balaban J connectivity index is 1.71. The highest BCUT2D eigenvalue weighted by atomic mass is 35.5. The van der Waals surface area contributed by atoms with Crippen LogP contribution in [0.3, 0.4) is 0 Å². The lowest BCUT2D eigenvalue weighted by Gasteiger charge is -2.16. The molecular weight excluding hydrogens is 335 g/mol. The number of anilines is 2. The molecular formula is C17H14Cl2N2O2. The fraction of sp³-hybridized carbons (Fsp3) is 0.176. The third-order valence-electron chi connectivity index (χ3n) is 3.75. The van der Waals surface area contributed by atoms with Crippen LogP contribution in [0.4, 0.5) is 11.4 Å². The van der Waals surface area contributed by atoms with Crippen molar-refractivity contribution in [3.05, 3.63) is 58.6 Å². The maximum absolute atomic E-state index is 12.4. The zero-order chi connectivity index (χ0) is 16.4. The van der Waals surface area contributed by atoms with Gasteiger partial charge in [0.05, 0.1) is 16.6 Å². The van der Waals surface area contributed by atoms with E-state index >= 15 is 0 Å². The molecule has 1 aliphatic heterocycles. The van der Waals surface area contributed by atoms with Crippen LogP contribution in [0, 0.1) is 5.92 Å². The molecule has 0 aromatic heterocycles. The Morgan fingerprint density at radius 3 is 2.57 bits per heavy atom. The first-order valence-electron chi connectivity index (χ1n) is 7.16. The SMILES string of the molecule is O=C(Nc1ccc(Cl)cc1Cl)[C@@H]1CC(=O)N(c2ccccc2)C1. The number of amides is 2. The van der Waals surface area contributed by atoms with Crippen molar-refractivity contribution in [1.82, 2.24) is 0 Å². The van der Waals surface area contributed by atoms with E-state index in [0.29, 0.717) is 22.3 Å². The molecule has 1 heterocycles. The quantitative estimate of drug-likeness (QED) is 0.911. The van der Waals surface area contributed by atoms with E-state index in [4.69, 9.17) is 23.2 Å².